The Morgan fingerprint density at radius 3 is 2.36 bits per heavy atom. The van der Waals surface area contributed by atoms with Crippen LogP contribution in [0.15, 0.2) is 34.9 Å². The van der Waals surface area contributed by atoms with E-state index >= 15 is 0 Å². The highest BCUT2D eigenvalue weighted by Crippen LogP contribution is 2.36. The highest BCUT2D eigenvalue weighted by atomic mass is 14.2. The maximum atomic E-state index is 3.90. The standard InChI is InChI=1S/C14H22/c1-6-11(4)14(10(2)3)13-9-7-8-12(13)5/h6,11H,1,7-9H2,2-5H3. The molecule has 0 aliphatic heterocycles. The molecule has 1 aliphatic carbocycles. The first-order chi connectivity index (χ1) is 6.57. The normalized spacial score (nSPS) is 18.3. The van der Waals surface area contributed by atoms with Gasteiger partial charge in [0.2, 0.25) is 0 Å². The second-order valence-electron chi connectivity index (χ2n) is 4.55. The van der Waals surface area contributed by atoms with E-state index in [9.17, 15) is 0 Å². The minimum atomic E-state index is 0.503. The van der Waals surface area contributed by atoms with E-state index < -0.39 is 0 Å². The van der Waals surface area contributed by atoms with E-state index in [4.69, 9.17) is 0 Å². The highest BCUT2D eigenvalue weighted by molar-refractivity contribution is 5.42. The first-order valence-electron chi connectivity index (χ1n) is 5.56. The molecule has 0 heterocycles. The molecule has 0 aromatic carbocycles. The molecule has 14 heavy (non-hydrogen) atoms. The van der Waals surface area contributed by atoms with E-state index in [0.29, 0.717) is 5.92 Å². The van der Waals surface area contributed by atoms with Crippen LogP contribution in [0.1, 0.15) is 47.0 Å². The lowest BCUT2D eigenvalue weighted by molar-refractivity contribution is 0.824. The van der Waals surface area contributed by atoms with Gasteiger partial charge in [-0.3, -0.25) is 0 Å². The third-order valence-corrected chi connectivity index (χ3v) is 3.17. The molecule has 0 N–H and O–H groups in total. The Morgan fingerprint density at radius 2 is 2.00 bits per heavy atom. The summed E-state index contributed by atoms with van der Waals surface area (Å²) in [6.45, 7) is 12.9. The van der Waals surface area contributed by atoms with Crippen molar-refractivity contribution in [2.45, 2.75) is 47.0 Å². The molecule has 0 fully saturated rings. The summed E-state index contributed by atoms with van der Waals surface area (Å²) in [7, 11) is 0. The van der Waals surface area contributed by atoms with Gasteiger partial charge in [-0.1, -0.05) is 24.1 Å². The summed E-state index contributed by atoms with van der Waals surface area (Å²) in [6, 6.07) is 0. The van der Waals surface area contributed by atoms with Gasteiger partial charge in [-0.25, -0.2) is 0 Å². The Morgan fingerprint density at radius 1 is 1.36 bits per heavy atom. The molecule has 0 bridgehead atoms. The van der Waals surface area contributed by atoms with Crippen LogP contribution in [0.2, 0.25) is 0 Å². The smallest absolute Gasteiger partial charge is 0.00111 e. The van der Waals surface area contributed by atoms with Crippen molar-refractivity contribution in [1.82, 2.24) is 0 Å². The average Bonchev–Trinajstić information content (AvgIpc) is 2.52. The van der Waals surface area contributed by atoms with Gasteiger partial charge in [0.05, 0.1) is 0 Å². The van der Waals surface area contributed by atoms with E-state index in [0.717, 1.165) is 0 Å². The summed E-state index contributed by atoms with van der Waals surface area (Å²) in [5, 5.41) is 0. The number of hydrogen-bond donors (Lipinski definition) is 0. The van der Waals surface area contributed by atoms with Crippen molar-refractivity contribution in [2.24, 2.45) is 5.92 Å². The van der Waals surface area contributed by atoms with Gasteiger partial charge in [0.1, 0.15) is 0 Å². The molecule has 0 heteroatoms. The molecule has 0 nitrogen and oxygen atoms in total. The van der Waals surface area contributed by atoms with Crippen LogP contribution < -0.4 is 0 Å². The van der Waals surface area contributed by atoms with Crippen LogP contribution >= 0.6 is 0 Å². The predicted molar refractivity (Wildman–Crippen MR) is 64.3 cm³/mol. The first kappa shape index (κ1) is 11.3. The van der Waals surface area contributed by atoms with Crippen molar-refractivity contribution in [3.63, 3.8) is 0 Å². The lowest BCUT2D eigenvalue weighted by Gasteiger charge is -2.17. The summed E-state index contributed by atoms with van der Waals surface area (Å²) in [4.78, 5) is 0. The van der Waals surface area contributed by atoms with Crippen LogP contribution in [-0.4, -0.2) is 0 Å². The van der Waals surface area contributed by atoms with Crippen molar-refractivity contribution in [2.75, 3.05) is 0 Å². The molecule has 78 valence electrons. The zero-order valence-electron chi connectivity index (χ0n) is 9.98. The van der Waals surface area contributed by atoms with Crippen LogP contribution in [-0.2, 0) is 0 Å². The molecule has 0 spiro atoms. The first-order valence-corrected chi connectivity index (χ1v) is 5.56. The summed E-state index contributed by atoms with van der Waals surface area (Å²) in [5.41, 5.74) is 6.19. The molecule has 1 unspecified atom stereocenters. The molecule has 0 aromatic heterocycles. The quantitative estimate of drug-likeness (QED) is 0.568. The second kappa shape index (κ2) is 4.63. The van der Waals surface area contributed by atoms with Crippen molar-refractivity contribution < 1.29 is 0 Å². The molecule has 0 aromatic rings. The fraction of sp³-hybridized carbons (Fsp3) is 0.571. The Balaban J connectivity index is 3.07. The Kier molecular flexibility index (Phi) is 3.74. The van der Waals surface area contributed by atoms with Crippen molar-refractivity contribution >= 4 is 0 Å². The van der Waals surface area contributed by atoms with E-state index in [1.165, 1.54) is 30.4 Å². The van der Waals surface area contributed by atoms with Gasteiger partial charge in [0.15, 0.2) is 0 Å². The van der Waals surface area contributed by atoms with E-state index in [-0.39, 0.29) is 0 Å². The SMILES string of the molecule is C=CC(C)C(=C(C)C)C1=C(C)CCC1. The maximum Gasteiger partial charge on any atom is -0.00111 e. The van der Waals surface area contributed by atoms with Gasteiger partial charge in [0.25, 0.3) is 0 Å². The molecule has 0 radical (unpaired) electrons. The van der Waals surface area contributed by atoms with Crippen molar-refractivity contribution in [3.8, 4) is 0 Å². The van der Waals surface area contributed by atoms with Crippen molar-refractivity contribution in [3.05, 3.63) is 34.9 Å². The summed E-state index contributed by atoms with van der Waals surface area (Å²) >= 11 is 0. The van der Waals surface area contributed by atoms with Crippen LogP contribution in [0.5, 0.6) is 0 Å². The number of hydrogen-bond acceptors (Lipinski definition) is 0. The third kappa shape index (κ3) is 2.17. The molecular formula is C14H22. The highest BCUT2D eigenvalue weighted by Gasteiger charge is 2.18. The monoisotopic (exact) mass is 190 g/mol. The molecule has 0 amide bonds. The van der Waals surface area contributed by atoms with Gasteiger partial charge in [-0.15, -0.1) is 6.58 Å². The van der Waals surface area contributed by atoms with E-state index in [1.54, 1.807) is 11.1 Å². The van der Waals surface area contributed by atoms with Crippen molar-refractivity contribution in [1.29, 1.82) is 0 Å². The molecule has 1 atom stereocenters. The minimum absolute atomic E-state index is 0.503. The van der Waals surface area contributed by atoms with Gasteiger partial charge in [-0.05, 0) is 57.1 Å². The fourth-order valence-electron chi connectivity index (χ4n) is 2.41. The predicted octanol–water partition coefficient (Wildman–Crippen LogP) is 4.65. The van der Waals surface area contributed by atoms with Gasteiger partial charge in [-0.2, -0.15) is 0 Å². The summed E-state index contributed by atoms with van der Waals surface area (Å²) in [6.07, 6.45) is 5.95. The zero-order chi connectivity index (χ0) is 10.7. The van der Waals surface area contributed by atoms with Crippen LogP contribution in [0.25, 0.3) is 0 Å². The second-order valence-corrected chi connectivity index (χ2v) is 4.55. The van der Waals surface area contributed by atoms with E-state index in [1.807, 2.05) is 0 Å². The molecule has 0 saturated carbocycles. The van der Waals surface area contributed by atoms with E-state index in [2.05, 4.69) is 40.3 Å². The van der Waals surface area contributed by atoms with Crippen LogP contribution in [0.4, 0.5) is 0 Å². The molecule has 1 aliphatic rings. The summed E-state index contributed by atoms with van der Waals surface area (Å²) in [5.74, 6) is 0.503. The fourth-order valence-corrected chi connectivity index (χ4v) is 2.41. The van der Waals surface area contributed by atoms with Gasteiger partial charge >= 0.3 is 0 Å². The average molecular weight is 190 g/mol. The minimum Gasteiger partial charge on any atom is -0.102 e. The molecule has 1 rings (SSSR count). The lowest BCUT2D eigenvalue weighted by Crippen LogP contribution is -2.01. The summed E-state index contributed by atoms with van der Waals surface area (Å²) < 4.78 is 0. The van der Waals surface area contributed by atoms with Gasteiger partial charge in [0, 0.05) is 0 Å². The van der Waals surface area contributed by atoms with Gasteiger partial charge < -0.3 is 0 Å². The Bertz CT molecular complexity index is 285. The maximum absolute atomic E-state index is 3.90. The lowest BCUT2D eigenvalue weighted by atomic mass is 9.88. The van der Waals surface area contributed by atoms with Crippen LogP contribution in [0.3, 0.4) is 0 Å². The largest absolute Gasteiger partial charge is 0.102 e. The number of allylic oxidation sites excluding steroid dienone is 5. The zero-order valence-corrected chi connectivity index (χ0v) is 9.98. The molecule has 0 saturated heterocycles. The topological polar surface area (TPSA) is 0 Å². The Hall–Kier alpha value is -0.780. The van der Waals surface area contributed by atoms with Crippen LogP contribution in [0, 0.1) is 5.92 Å². The molecular weight excluding hydrogens is 168 g/mol. The number of rotatable bonds is 3. The third-order valence-electron chi connectivity index (χ3n) is 3.17. The Labute approximate surface area is 88.4 Å².